The number of nitrogens with one attached hydrogen (secondary N) is 1. The molecule has 0 aliphatic heterocycles. The van der Waals surface area contributed by atoms with Crippen LogP contribution in [0.5, 0.6) is 5.88 Å². The molecule has 2 N–H and O–H groups in total. The fraction of sp³-hybridized carbons (Fsp3) is 0.357. The third-order valence-corrected chi connectivity index (χ3v) is 2.44. The van der Waals surface area contributed by atoms with Crippen molar-refractivity contribution in [1.82, 2.24) is 15.1 Å². The molecule has 0 aliphatic carbocycles. The number of hydrogen-bond donors (Lipinski definition) is 2. The van der Waals surface area contributed by atoms with Crippen LogP contribution in [0.3, 0.4) is 0 Å². The highest BCUT2D eigenvalue weighted by Crippen LogP contribution is 2.14. The van der Waals surface area contributed by atoms with Gasteiger partial charge in [0.25, 0.3) is 0 Å². The topological polar surface area (TPSA) is 59.3 Å². The first kappa shape index (κ1) is 15.2. The van der Waals surface area contributed by atoms with E-state index in [2.05, 4.69) is 17.0 Å². The average Bonchev–Trinajstić information content (AvgIpc) is 2.81. The first-order valence-electron chi connectivity index (χ1n) is 6.14. The number of nitrogens with zero attached hydrogens (tertiary/aromatic N) is 2. The molecule has 5 heteroatoms. The van der Waals surface area contributed by atoms with Crippen LogP contribution < -0.4 is 10.1 Å². The summed E-state index contributed by atoms with van der Waals surface area (Å²) in [6.45, 7) is 6.50. The Morgan fingerprint density at radius 1 is 1.63 bits per heavy atom. The van der Waals surface area contributed by atoms with E-state index in [4.69, 9.17) is 4.74 Å². The van der Waals surface area contributed by atoms with Crippen molar-refractivity contribution in [2.75, 3.05) is 13.7 Å². The molecule has 1 aromatic heterocycles. The molecule has 0 unspecified atom stereocenters. The molecule has 1 aromatic rings. The van der Waals surface area contributed by atoms with E-state index in [0.717, 1.165) is 11.3 Å². The van der Waals surface area contributed by atoms with Crippen LogP contribution >= 0.6 is 0 Å². The Kier molecular flexibility index (Phi) is 6.63. The third kappa shape index (κ3) is 4.73. The molecule has 1 heterocycles. The fourth-order valence-corrected chi connectivity index (χ4v) is 1.49. The van der Waals surface area contributed by atoms with Gasteiger partial charge in [-0.05, 0) is 19.5 Å². The van der Waals surface area contributed by atoms with E-state index in [0.29, 0.717) is 19.0 Å². The van der Waals surface area contributed by atoms with Gasteiger partial charge in [-0.15, -0.1) is 0 Å². The normalized spacial score (nSPS) is 12.1. The maximum atomic E-state index is 9.22. The third-order valence-electron chi connectivity index (χ3n) is 2.44. The van der Waals surface area contributed by atoms with E-state index in [9.17, 15) is 5.11 Å². The van der Waals surface area contributed by atoms with E-state index in [1.165, 1.54) is 4.68 Å². The molecule has 19 heavy (non-hydrogen) atoms. The lowest BCUT2D eigenvalue weighted by Gasteiger charge is -2.07. The van der Waals surface area contributed by atoms with E-state index < -0.39 is 0 Å². The minimum atomic E-state index is -0.207. The molecule has 0 amide bonds. The second-order valence-corrected chi connectivity index (χ2v) is 3.91. The maximum Gasteiger partial charge on any atom is 0.214 e. The molecule has 0 saturated heterocycles. The minimum absolute atomic E-state index is 0.207. The predicted molar refractivity (Wildman–Crippen MR) is 75.8 cm³/mol. The van der Waals surface area contributed by atoms with Crippen molar-refractivity contribution >= 4 is 0 Å². The monoisotopic (exact) mass is 263 g/mol. The smallest absolute Gasteiger partial charge is 0.214 e. The van der Waals surface area contributed by atoms with Crippen molar-refractivity contribution in [3.63, 3.8) is 0 Å². The lowest BCUT2D eigenvalue weighted by atomic mass is 10.2. The zero-order chi connectivity index (χ0) is 14.1. The van der Waals surface area contributed by atoms with Crippen LogP contribution in [0.4, 0.5) is 0 Å². The molecule has 0 aromatic carbocycles. The predicted octanol–water partition coefficient (Wildman–Crippen LogP) is 1.62. The van der Waals surface area contributed by atoms with Crippen molar-refractivity contribution in [3.05, 3.63) is 48.2 Å². The molecule has 104 valence electrons. The number of aliphatic hydroxyl groups excluding tert-OH is 1. The molecule has 0 radical (unpaired) electrons. The Bertz CT molecular complexity index is 461. The molecule has 0 spiro atoms. The summed E-state index contributed by atoms with van der Waals surface area (Å²) in [4.78, 5) is 0. The zero-order valence-corrected chi connectivity index (χ0v) is 11.5. The summed E-state index contributed by atoms with van der Waals surface area (Å²) in [5.41, 5.74) is 1.78. The standard InChI is InChI=1S/C14H21N3O2/c1-4-6-7-12(5-2)10-19-14-8-13(9-15-3)16-17(14)11-18/h4-8,15,18H,2,9-11H2,1,3H3/b6-4-,12-7+. The number of rotatable bonds is 8. The zero-order valence-electron chi connectivity index (χ0n) is 11.5. The van der Waals surface area contributed by atoms with E-state index in [1.54, 1.807) is 6.08 Å². The van der Waals surface area contributed by atoms with Crippen molar-refractivity contribution in [3.8, 4) is 5.88 Å². The molecule has 0 fully saturated rings. The Hall–Kier alpha value is -1.85. The highest BCUT2D eigenvalue weighted by Gasteiger charge is 2.08. The highest BCUT2D eigenvalue weighted by molar-refractivity contribution is 5.24. The molecule has 0 aliphatic rings. The Morgan fingerprint density at radius 2 is 2.42 bits per heavy atom. The summed E-state index contributed by atoms with van der Waals surface area (Å²) < 4.78 is 7.06. The van der Waals surface area contributed by atoms with Gasteiger partial charge in [-0.1, -0.05) is 30.9 Å². The van der Waals surface area contributed by atoms with Gasteiger partial charge in [0.15, 0.2) is 0 Å². The quantitative estimate of drug-likeness (QED) is 0.700. The maximum absolute atomic E-state index is 9.22. The van der Waals surface area contributed by atoms with Gasteiger partial charge < -0.3 is 15.2 Å². The van der Waals surface area contributed by atoms with Crippen molar-refractivity contribution in [2.24, 2.45) is 0 Å². The van der Waals surface area contributed by atoms with Crippen molar-refractivity contribution < 1.29 is 9.84 Å². The van der Waals surface area contributed by atoms with Crippen LogP contribution in [-0.4, -0.2) is 28.5 Å². The fourth-order valence-electron chi connectivity index (χ4n) is 1.49. The summed E-state index contributed by atoms with van der Waals surface area (Å²) in [5, 5.41) is 16.4. The lowest BCUT2D eigenvalue weighted by Crippen LogP contribution is -2.08. The molecule has 0 atom stereocenters. The van der Waals surface area contributed by atoms with Gasteiger partial charge in [-0.3, -0.25) is 0 Å². The van der Waals surface area contributed by atoms with Gasteiger partial charge in [0.05, 0.1) is 5.69 Å². The highest BCUT2D eigenvalue weighted by atomic mass is 16.5. The number of ether oxygens (including phenoxy) is 1. The van der Waals surface area contributed by atoms with Gasteiger partial charge in [0.2, 0.25) is 5.88 Å². The number of hydrogen-bond acceptors (Lipinski definition) is 4. The summed E-state index contributed by atoms with van der Waals surface area (Å²) in [7, 11) is 1.84. The number of aromatic nitrogens is 2. The largest absolute Gasteiger partial charge is 0.473 e. The average molecular weight is 263 g/mol. The van der Waals surface area contributed by atoms with Crippen molar-refractivity contribution in [1.29, 1.82) is 0 Å². The van der Waals surface area contributed by atoms with Crippen LogP contribution in [0, 0.1) is 0 Å². The summed E-state index contributed by atoms with van der Waals surface area (Å²) >= 11 is 0. The van der Waals surface area contributed by atoms with Crippen LogP contribution in [0.15, 0.2) is 42.5 Å². The summed E-state index contributed by atoms with van der Waals surface area (Å²) in [6, 6.07) is 1.81. The van der Waals surface area contributed by atoms with Gasteiger partial charge in [-0.2, -0.15) is 5.10 Å². The van der Waals surface area contributed by atoms with Crippen LogP contribution in [0.2, 0.25) is 0 Å². The molecule has 5 nitrogen and oxygen atoms in total. The van der Waals surface area contributed by atoms with Crippen molar-refractivity contribution in [2.45, 2.75) is 20.2 Å². The minimum Gasteiger partial charge on any atom is -0.473 e. The van der Waals surface area contributed by atoms with Gasteiger partial charge in [0.1, 0.15) is 13.3 Å². The second-order valence-electron chi connectivity index (χ2n) is 3.91. The number of aliphatic hydroxyl groups is 1. The van der Waals surface area contributed by atoms with Gasteiger partial charge in [-0.25, -0.2) is 4.68 Å². The van der Waals surface area contributed by atoms with E-state index in [1.807, 2.05) is 38.3 Å². The first-order chi connectivity index (χ1) is 9.24. The van der Waals surface area contributed by atoms with Crippen LogP contribution in [-0.2, 0) is 13.3 Å². The second kappa shape index (κ2) is 8.29. The molecule has 1 rings (SSSR count). The van der Waals surface area contributed by atoms with Crippen LogP contribution in [0.25, 0.3) is 0 Å². The van der Waals surface area contributed by atoms with E-state index >= 15 is 0 Å². The van der Waals surface area contributed by atoms with E-state index in [-0.39, 0.29) is 6.73 Å². The van der Waals surface area contributed by atoms with Gasteiger partial charge in [0, 0.05) is 12.6 Å². The molecular weight excluding hydrogens is 242 g/mol. The summed E-state index contributed by atoms with van der Waals surface area (Å²) in [5.74, 6) is 0.543. The molecule has 0 saturated carbocycles. The Labute approximate surface area is 113 Å². The SMILES string of the molecule is C=C/C(=C\C=C/C)COc1cc(CNC)nn1CO. The molecular formula is C14H21N3O2. The number of allylic oxidation sites excluding steroid dienone is 3. The first-order valence-corrected chi connectivity index (χ1v) is 6.14. The Morgan fingerprint density at radius 3 is 3.00 bits per heavy atom. The van der Waals surface area contributed by atoms with Crippen LogP contribution in [0.1, 0.15) is 12.6 Å². The molecule has 0 bridgehead atoms. The lowest BCUT2D eigenvalue weighted by molar-refractivity contribution is 0.173. The Balaban J connectivity index is 2.72. The van der Waals surface area contributed by atoms with Gasteiger partial charge >= 0.3 is 0 Å². The summed E-state index contributed by atoms with van der Waals surface area (Å²) in [6.07, 6.45) is 7.54.